The zero-order valence-corrected chi connectivity index (χ0v) is 22.4. The molecule has 39 heavy (non-hydrogen) atoms. The molecule has 3 aromatic carbocycles. The van der Waals surface area contributed by atoms with Crippen molar-refractivity contribution in [1.82, 2.24) is 10.2 Å². The molecule has 3 amide bonds. The second-order valence-electron chi connectivity index (χ2n) is 9.24. The average molecular weight is 540 g/mol. The van der Waals surface area contributed by atoms with Gasteiger partial charge in [-0.1, -0.05) is 73.3 Å². The number of thioether (sulfide) groups is 1. The van der Waals surface area contributed by atoms with Crippen LogP contribution in [0.15, 0.2) is 88.8 Å². The Kier molecular flexibility index (Phi) is 8.17. The van der Waals surface area contributed by atoms with Crippen LogP contribution in [0.3, 0.4) is 0 Å². The molecule has 0 unspecified atom stereocenters. The topological polar surface area (TPSA) is 103 Å². The molecule has 0 saturated carbocycles. The number of amides is 3. The summed E-state index contributed by atoms with van der Waals surface area (Å²) in [7, 11) is 0. The molecule has 8 nitrogen and oxygen atoms in total. The molecule has 0 aromatic heterocycles. The third-order valence-electron chi connectivity index (χ3n) is 6.50. The van der Waals surface area contributed by atoms with Crippen molar-refractivity contribution < 1.29 is 14.4 Å². The van der Waals surface area contributed by atoms with Crippen molar-refractivity contribution in [3.05, 3.63) is 95.6 Å². The first-order chi connectivity index (χ1) is 19.0. The molecule has 5 rings (SSSR count). The first-order valence-corrected chi connectivity index (χ1v) is 13.9. The molecule has 0 fully saturated rings. The molecule has 2 aliphatic rings. The lowest BCUT2D eigenvalue weighted by atomic mass is 10.1. The van der Waals surface area contributed by atoms with E-state index in [4.69, 9.17) is 4.99 Å². The van der Waals surface area contributed by atoms with Crippen LogP contribution >= 0.6 is 11.8 Å². The summed E-state index contributed by atoms with van der Waals surface area (Å²) in [5.41, 5.74) is 4.38. The summed E-state index contributed by atoms with van der Waals surface area (Å²) in [6, 6.07) is 24.2. The molecule has 0 spiro atoms. The number of carbonyl (C=O) groups is 3. The Bertz CT molecular complexity index is 1440. The molecule has 198 valence electrons. The number of anilines is 1. The first kappa shape index (κ1) is 26.4. The van der Waals surface area contributed by atoms with Crippen LogP contribution in [0.25, 0.3) is 0 Å². The summed E-state index contributed by atoms with van der Waals surface area (Å²) in [5.74, 6) is 0.0299. The highest BCUT2D eigenvalue weighted by Crippen LogP contribution is 2.34. The summed E-state index contributed by atoms with van der Waals surface area (Å²) < 4.78 is 0. The molecule has 2 N–H and O–H groups in total. The lowest BCUT2D eigenvalue weighted by molar-refractivity contribution is -0.125. The van der Waals surface area contributed by atoms with Crippen LogP contribution in [-0.2, 0) is 27.3 Å². The number of hydrogen-bond acceptors (Lipinski definition) is 6. The maximum atomic E-state index is 13.4. The SMILES string of the molecule is CCc1ccc(NC(=O)CSC2=Nc3ccccc3C3=N[C@@H](CCC(=O)NCc4ccccc4)C(=O)N23)cc1. The van der Waals surface area contributed by atoms with Crippen LogP contribution in [0.4, 0.5) is 11.4 Å². The maximum absolute atomic E-state index is 13.4. The van der Waals surface area contributed by atoms with Gasteiger partial charge < -0.3 is 10.6 Å². The van der Waals surface area contributed by atoms with Crippen LogP contribution in [0.5, 0.6) is 0 Å². The van der Waals surface area contributed by atoms with E-state index in [9.17, 15) is 14.4 Å². The summed E-state index contributed by atoms with van der Waals surface area (Å²) in [6.45, 7) is 2.51. The highest BCUT2D eigenvalue weighted by atomic mass is 32.2. The van der Waals surface area contributed by atoms with Gasteiger partial charge in [-0.2, -0.15) is 0 Å². The number of fused-ring (bicyclic) bond motifs is 3. The van der Waals surface area contributed by atoms with Gasteiger partial charge in [0.25, 0.3) is 5.91 Å². The van der Waals surface area contributed by atoms with Crippen LogP contribution in [0, 0.1) is 0 Å². The highest BCUT2D eigenvalue weighted by Gasteiger charge is 2.41. The Morgan fingerprint density at radius 1 is 0.923 bits per heavy atom. The Hall–Kier alpha value is -4.24. The lowest BCUT2D eigenvalue weighted by Crippen LogP contribution is -2.41. The average Bonchev–Trinajstić information content (AvgIpc) is 3.31. The quantitative estimate of drug-likeness (QED) is 0.412. The van der Waals surface area contributed by atoms with Crippen molar-refractivity contribution in [2.24, 2.45) is 9.98 Å². The van der Waals surface area contributed by atoms with E-state index in [0.717, 1.165) is 23.2 Å². The fraction of sp³-hybridized carbons (Fsp3) is 0.233. The number of benzene rings is 3. The fourth-order valence-corrected chi connectivity index (χ4v) is 5.19. The molecule has 2 aliphatic heterocycles. The van der Waals surface area contributed by atoms with Crippen molar-refractivity contribution in [2.75, 3.05) is 11.1 Å². The second kappa shape index (κ2) is 12.1. The third kappa shape index (κ3) is 6.26. The highest BCUT2D eigenvalue weighted by molar-refractivity contribution is 8.14. The summed E-state index contributed by atoms with van der Waals surface area (Å²) in [4.78, 5) is 49.4. The predicted molar refractivity (Wildman–Crippen MR) is 155 cm³/mol. The second-order valence-corrected chi connectivity index (χ2v) is 10.2. The zero-order valence-electron chi connectivity index (χ0n) is 21.6. The largest absolute Gasteiger partial charge is 0.352 e. The molecule has 0 bridgehead atoms. The molecule has 0 radical (unpaired) electrons. The van der Waals surface area contributed by atoms with Crippen molar-refractivity contribution in [2.45, 2.75) is 38.8 Å². The van der Waals surface area contributed by atoms with Gasteiger partial charge in [0.05, 0.1) is 11.4 Å². The smallest absolute Gasteiger partial charge is 0.259 e. The summed E-state index contributed by atoms with van der Waals surface area (Å²) in [6.07, 6.45) is 1.39. The van der Waals surface area contributed by atoms with Gasteiger partial charge in [0, 0.05) is 24.2 Å². The van der Waals surface area contributed by atoms with Gasteiger partial charge in [0.15, 0.2) is 5.17 Å². The molecule has 0 saturated heterocycles. The van der Waals surface area contributed by atoms with Crippen molar-refractivity contribution >= 4 is 51.9 Å². The lowest BCUT2D eigenvalue weighted by Gasteiger charge is -2.25. The summed E-state index contributed by atoms with van der Waals surface area (Å²) >= 11 is 1.19. The van der Waals surface area contributed by atoms with Crippen LogP contribution in [0.2, 0.25) is 0 Å². The number of carbonyl (C=O) groups excluding carboxylic acids is 3. The van der Waals surface area contributed by atoms with Gasteiger partial charge in [0.1, 0.15) is 11.9 Å². The van der Waals surface area contributed by atoms with Crippen LogP contribution in [0.1, 0.15) is 36.5 Å². The van der Waals surface area contributed by atoms with Crippen molar-refractivity contribution in [3.8, 4) is 0 Å². The van der Waals surface area contributed by atoms with Gasteiger partial charge in [-0.15, -0.1) is 0 Å². The fourth-order valence-electron chi connectivity index (χ4n) is 4.39. The van der Waals surface area contributed by atoms with E-state index in [2.05, 4.69) is 22.5 Å². The minimum absolute atomic E-state index is 0.0835. The minimum Gasteiger partial charge on any atom is -0.352 e. The van der Waals surface area contributed by atoms with Crippen molar-refractivity contribution in [1.29, 1.82) is 0 Å². The van der Waals surface area contributed by atoms with Crippen LogP contribution < -0.4 is 10.6 Å². The van der Waals surface area contributed by atoms with E-state index in [1.165, 1.54) is 22.2 Å². The van der Waals surface area contributed by atoms with Crippen LogP contribution in [-0.4, -0.2) is 45.4 Å². The standard InChI is InChI=1S/C30H29N5O3S/c1-2-20-12-14-22(15-13-20)32-27(37)19-39-30-34-24-11-7-6-10-23(24)28-33-25(29(38)35(28)30)16-17-26(36)31-18-21-8-4-3-5-9-21/h3-15,25H,2,16-19H2,1H3,(H,31,36)(H,32,37)/t25-/m0/s1. The monoisotopic (exact) mass is 539 g/mol. The van der Waals surface area contributed by atoms with Crippen molar-refractivity contribution in [3.63, 3.8) is 0 Å². The number of nitrogens with one attached hydrogen (secondary N) is 2. The first-order valence-electron chi connectivity index (χ1n) is 12.9. The Balaban J connectivity index is 1.23. The number of nitrogens with zero attached hydrogens (tertiary/aromatic N) is 3. The molecule has 3 aromatic rings. The van der Waals surface area contributed by atoms with E-state index in [1.54, 1.807) is 0 Å². The van der Waals surface area contributed by atoms with E-state index in [0.29, 0.717) is 23.2 Å². The number of rotatable bonds is 9. The van der Waals surface area contributed by atoms with Gasteiger partial charge in [-0.25, -0.2) is 9.89 Å². The Morgan fingerprint density at radius 3 is 2.44 bits per heavy atom. The number of aryl methyl sites for hydroxylation is 1. The molecule has 1 atom stereocenters. The van der Waals surface area contributed by atoms with Gasteiger partial charge in [0.2, 0.25) is 11.8 Å². The van der Waals surface area contributed by atoms with Gasteiger partial charge in [-0.05, 0) is 48.2 Å². The molecule has 9 heteroatoms. The van der Waals surface area contributed by atoms with Gasteiger partial charge in [-0.3, -0.25) is 19.4 Å². The molecule has 0 aliphatic carbocycles. The molecule has 2 heterocycles. The van der Waals surface area contributed by atoms with E-state index < -0.39 is 6.04 Å². The number of aliphatic imine (C=N–C) groups is 2. The van der Waals surface area contributed by atoms with E-state index in [-0.39, 0.29) is 36.3 Å². The maximum Gasteiger partial charge on any atom is 0.259 e. The Labute approximate surface area is 231 Å². The third-order valence-corrected chi connectivity index (χ3v) is 7.44. The zero-order chi connectivity index (χ0) is 27.2. The van der Waals surface area contributed by atoms with E-state index in [1.807, 2.05) is 78.9 Å². The van der Waals surface area contributed by atoms with Gasteiger partial charge >= 0.3 is 0 Å². The normalized spacial score (nSPS) is 15.7. The number of para-hydroxylation sites is 1. The predicted octanol–water partition coefficient (Wildman–Crippen LogP) is 4.68. The number of hydrogen-bond donors (Lipinski definition) is 2. The molecular weight excluding hydrogens is 510 g/mol. The Morgan fingerprint density at radius 2 is 1.67 bits per heavy atom. The molecular formula is C30H29N5O3S. The minimum atomic E-state index is -0.690. The number of amidine groups is 2. The summed E-state index contributed by atoms with van der Waals surface area (Å²) in [5, 5.41) is 6.20. The van der Waals surface area contributed by atoms with E-state index >= 15 is 0 Å².